The van der Waals surface area contributed by atoms with Gasteiger partial charge in [-0.1, -0.05) is 45.4 Å². The quantitative estimate of drug-likeness (QED) is 0.416. The molecule has 204 valence electrons. The Morgan fingerprint density at radius 2 is 1.92 bits per heavy atom. The fourth-order valence-electron chi connectivity index (χ4n) is 5.12. The second-order valence-electron chi connectivity index (χ2n) is 11.1. The van der Waals surface area contributed by atoms with Crippen molar-refractivity contribution in [3.05, 3.63) is 41.7 Å². The van der Waals surface area contributed by atoms with Crippen LogP contribution in [0.4, 0.5) is 0 Å². The zero-order valence-electron chi connectivity index (χ0n) is 22.7. The summed E-state index contributed by atoms with van der Waals surface area (Å²) in [5, 5.41) is 31.0. The number of carbonyl (C=O) groups is 2. The molecule has 8 heteroatoms. The van der Waals surface area contributed by atoms with Crippen LogP contribution in [0.3, 0.4) is 0 Å². The van der Waals surface area contributed by atoms with Crippen molar-refractivity contribution in [3.8, 4) is 0 Å². The van der Waals surface area contributed by atoms with Crippen molar-refractivity contribution in [2.24, 2.45) is 17.3 Å². The highest BCUT2D eigenvalue weighted by Crippen LogP contribution is 2.33. The molecule has 0 spiro atoms. The fourth-order valence-corrected chi connectivity index (χ4v) is 5.12. The molecule has 0 bridgehead atoms. The molecule has 3 rings (SSSR count). The number of esters is 1. The Morgan fingerprint density at radius 1 is 1.19 bits per heavy atom. The minimum absolute atomic E-state index is 0.00914. The summed E-state index contributed by atoms with van der Waals surface area (Å²) in [6.07, 6.45) is 3.73. The molecule has 0 fully saturated rings. The molecule has 1 aromatic carbocycles. The van der Waals surface area contributed by atoms with Crippen LogP contribution in [-0.4, -0.2) is 55.4 Å². The highest BCUT2D eigenvalue weighted by molar-refractivity contribution is 5.88. The molecule has 1 aromatic heterocycles. The van der Waals surface area contributed by atoms with Crippen LogP contribution in [0.5, 0.6) is 0 Å². The van der Waals surface area contributed by atoms with Gasteiger partial charge in [-0.15, -0.1) is 0 Å². The molecule has 8 nitrogen and oxygen atoms in total. The highest BCUT2D eigenvalue weighted by Gasteiger charge is 2.42. The number of nitrogens with zero attached hydrogens (tertiary/aromatic N) is 2. The van der Waals surface area contributed by atoms with Gasteiger partial charge in [0, 0.05) is 18.9 Å². The van der Waals surface area contributed by atoms with E-state index in [1.807, 2.05) is 36.6 Å². The maximum atomic E-state index is 13.2. The zero-order chi connectivity index (χ0) is 27.3. The topological polar surface area (TPSA) is 122 Å². The largest absolute Gasteiger partial charge is 0.457 e. The van der Waals surface area contributed by atoms with Crippen molar-refractivity contribution in [1.29, 1.82) is 0 Å². The highest BCUT2D eigenvalue weighted by atomic mass is 16.5. The molecule has 2 aromatic rings. The van der Waals surface area contributed by atoms with Gasteiger partial charge in [-0.2, -0.15) is 0 Å². The summed E-state index contributed by atoms with van der Waals surface area (Å²) in [4.78, 5) is 30.7. The molecular weight excluding hydrogens is 472 g/mol. The van der Waals surface area contributed by atoms with Gasteiger partial charge in [-0.25, -0.2) is 4.98 Å². The Balaban J connectivity index is 1.91. The summed E-state index contributed by atoms with van der Waals surface area (Å²) in [6.45, 7) is 9.37. The Morgan fingerprint density at radius 3 is 2.62 bits per heavy atom. The molecule has 0 saturated carbocycles. The number of hydrogen-bond acceptors (Lipinski definition) is 7. The van der Waals surface area contributed by atoms with Crippen LogP contribution < -0.4 is 0 Å². The number of aromatic nitrogens is 2. The van der Waals surface area contributed by atoms with E-state index in [1.165, 1.54) is 0 Å². The summed E-state index contributed by atoms with van der Waals surface area (Å²) < 4.78 is 7.74. The molecule has 37 heavy (non-hydrogen) atoms. The minimum atomic E-state index is -1.25. The minimum Gasteiger partial charge on any atom is -0.457 e. The van der Waals surface area contributed by atoms with E-state index in [9.17, 15) is 24.9 Å². The SMILES string of the molecule is C/C1=C/C[C@@H](c2ccc3c(c2)ncn3CCO)OC(=O)CC(O)C(C)(C)C(=O)C(C)[C@@H](O)C(C)CCC1. The molecule has 2 heterocycles. The lowest BCUT2D eigenvalue weighted by Crippen LogP contribution is -2.45. The van der Waals surface area contributed by atoms with Gasteiger partial charge in [-0.3, -0.25) is 9.59 Å². The van der Waals surface area contributed by atoms with Gasteiger partial charge in [0.25, 0.3) is 0 Å². The van der Waals surface area contributed by atoms with Crippen LogP contribution in [-0.2, 0) is 20.9 Å². The first-order valence-corrected chi connectivity index (χ1v) is 13.3. The molecule has 0 amide bonds. The number of benzene rings is 1. The predicted molar refractivity (Wildman–Crippen MR) is 142 cm³/mol. The normalized spacial score (nSPS) is 30.1. The van der Waals surface area contributed by atoms with E-state index in [-0.39, 0.29) is 24.7 Å². The number of aliphatic hydroxyl groups is 3. The van der Waals surface area contributed by atoms with Crippen molar-refractivity contribution in [2.45, 2.75) is 91.6 Å². The van der Waals surface area contributed by atoms with Gasteiger partial charge in [0.15, 0.2) is 0 Å². The van der Waals surface area contributed by atoms with Crippen molar-refractivity contribution >= 4 is 22.8 Å². The van der Waals surface area contributed by atoms with Crippen LogP contribution in [0.2, 0.25) is 0 Å². The van der Waals surface area contributed by atoms with Crippen molar-refractivity contribution < 1.29 is 29.6 Å². The van der Waals surface area contributed by atoms with Gasteiger partial charge in [0.05, 0.1) is 48.0 Å². The monoisotopic (exact) mass is 514 g/mol. The molecule has 0 radical (unpaired) electrons. The van der Waals surface area contributed by atoms with E-state index < -0.39 is 35.6 Å². The lowest BCUT2D eigenvalue weighted by Gasteiger charge is -2.34. The van der Waals surface area contributed by atoms with Crippen LogP contribution in [0.1, 0.15) is 78.4 Å². The number of ether oxygens (including phenoxy) is 1. The molecule has 1 aliphatic heterocycles. The van der Waals surface area contributed by atoms with Crippen molar-refractivity contribution in [2.75, 3.05) is 6.61 Å². The van der Waals surface area contributed by atoms with E-state index in [4.69, 9.17) is 4.74 Å². The van der Waals surface area contributed by atoms with Crippen LogP contribution >= 0.6 is 0 Å². The molecule has 3 N–H and O–H groups in total. The number of allylic oxidation sites excluding steroid dienone is 1. The number of Topliss-reactive ketones (excluding diaryl/α,β-unsaturated/α-hetero) is 1. The summed E-state index contributed by atoms with van der Waals surface area (Å²) in [7, 11) is 0. The fraction of sp³-hybridized carbons (Fsp3) is 0.621. The van der Waals surface area contributed by atoms with Crippen LogP contribution in [0.25, 0.3) is 11.0 Å². The number of cyclic esters (lactones) is 1. The number of carbonyl (C=O) groups excluding carboxylic acids is 2. The summed E-state index contributed by atoms with van der Waals surface area (Å²) in [5.74, 6) is -1.59. The third kappa shape index (κ3) is 6.86. The number of imidazole rings is 1. The first-order valence-electron chi connectivity index (χ1n) is 13.3. The number of fused-ring (bicyclic) bond motifs is 1. The third-order valence-electron chi connectivity index (χ3n) is 7.88. The van der Waals surface area contributed by atoms with Gasteiger partial charge < -0.3 is 24.6 Å². The first-order chi connectivity index (χ1) is 17.4. The molecule has 1 aliphatic rings. The summed E-state index contributed by atoms with van der Waals surface area (Å²) in [5.41, 5.74) is 2.35. The van der Waals surface area contributed by atoms with E-state index in [2.05, 4.69) is 11.1 Å². The summed E-state index contributed by atoms with van der Waals surface area (Å²) in [6, 6.07) is 5.69. The van der Waals surface area contributed by atoms with E-state index in [0.717, 1.165) is 41.4 Å². The van der Waals surface area contributed by atoms with Crippen molar-refractivity contribution in [3.63, 3.8) is 0 Å². The zero-order valence-corrected chi connectivity index (χ0v) is 22.7. The van der Waals surface area contributed by atoms with Gasteiger partial charge in [-0.05, 0) is 49.8 Å². The average Bonchev–Trinajstić information content (AvgIpc) is 3.26. The average molecular weight is 515 g/mol. The lowest BCUT2D eigenvalue weighted by atomic mass is 9.73. The van der Waals surface area contributed by atoms with Crippen molar-refractivity contribution in [1.82, 2.24) is 9.55 Å². The maximum Gasteiger partial charge on any atom is 0.309 e. The second kappa shape index (κ2) is 12.3. The van der Waals surface area contributed by atoms with Crippen LogP contribution in [0.15, 0.2) is 36.2 Å². The smallest absolute Gasteiger partial charge is 0.309 e. The molecule has 3 unspecified atom stereocenters. The molecule has 5 atom stereocenters. The van der Waals surface area contributed by atoms with Gasteiger partial charge >= 0.3 is 5.97 Å². The third-order valence-corrected chi connectivity index (χ3v) is 7.88. The maximum absolute atomic E-state index is 13.2. The first kappa shape index (κ1) is 29.0. The predicted octanol–water partition coefficient (Wildman–Crippen LogP) is 4.11. The number of ketones is 1. The van der Waals surface area contributed by atoms with E-state index >= 15 is 0 Å². The Kier molecular flexibility index (Phi) is 9.67. The Hall–Kier alpha value is -2.55. The summed E-state index contributed by atoms with van der Waals surface area (Å²) >= 11 is 0. The molecule has 0 aliphatic carbocycles. The van der Waals surface area contributed by atoms with E-state index in [1.54, 1.807) is 27.1 Å². The number of rotatable bonds is 3. The second-order valence-corrected chi connectivity index (χ2v) is 11.1. The van der Waals surface area contributed by atoms with Gasteiger partial charge in [0.1, 0.15) is 11.9 Å². The lowest BCUT2D eigenvalue weighted by molar-refractivity contribution is -0.155. The number of hydrogen-bond donors (Lipinski definition) is 3. The molecular formula is C29H42N2O6. The molecule has 0 saturated heterocycles. The Labute approximate surface area is 219 Å². The van der Waals surface area contributed by atoms with Gasteiger partial charge in [0.2, 0.25) is 0 Å². The standard InChI is InChI=1S/C29H42N2O6/c1-18-7-6-8-19(2)27(35)20(3)28(36)29(4,5)25(33)16-26(34)37-24(12-9-18)21-10-11-23-22(15-21)30-17-31(23)13-14-32/h9-11,15,17,19-20,24-25,27,32-33,35H,6-8,12-14,16H2,1-5H3/b18-9-/t19?,20?,24-,25?,27-/m0/s1. The van der Waals surface area contributed by atoms with Crippen LogP contribution in [0, 0.1) is 17.3 Å². The number of aliphatic hydroxyl groups excluding tert-OH is 3. The Bertz CT molecular complexity index is 1120. The van der Waals surface area contributed by atoms with E-state index in [0.29, 0.717) is 13.0 Å².